The van der Waals surface area contributed by atoms with E-state index in [-0.39, 0.29) is 17.2 Å². The number of nitrogens with one attached hydrogen (secondary N) is 1. The number of rotatable bonds is 6. The van der Waals surface area contributed by atoms with Crippen LogP contribution in [0.15, 0.2) is 45.9 Å². The van der Waals surface area contributed by atoms with Gasteiger partial charge < -0.3 is 9.73 Å². The van der Waals surface area contributed by atoms with E-state index in [4.69, 9.17) is 4.42 Å². The molecule has 0 bridgehead atoms. The summed E-state index contributed by atoms with van der Waals surface area (Å²) in [5.74, 6) is 0.540. The highest BCUT2D eigenvalue weighted by molar-refractivity contribution is 7.89. The largest absolute Gasteiger partial charge is 0.469 e. The van der Waals surface area contributed by atoms with Crippen molar-refractivity contribution in [1.82, 2.24) is 4.31 Å². The number of nitrogens with zero attached hydrogens (tertiary/aromatic N) is 1. The molecule has 2 rings (SSSR count). The molecule has 124 valence electrons. The van der Waals surface area contributed by atoms with Crippen molar-refractivity contribution in [1.29, 1.82) is 0 Å². The lowest BCUT2D eigenvalue weighted by molar-refractivity contribution is -0.116. The number of aryl methyl sites for hydroxylation is 2. The highest BCUT2D eigenvalue weighted by Gasteiger charge is 2.20. The second-order valence-corrected chi connectivity index (χ2v) is 7.52. The maximum Gasteiger partial charge on any atom is 0.242 e. The van der Waals surface area contributed by atoms with Crippen LogP contribution in [-0.4, -0.2) is 32.7 Å². The number of amides is 1. The van der Waals surface area contributed by atoms with Crippen LogP contribution in [0.5, 0.6) is 0 Å². The summed E-state index contributed by atoms with van der Waals surface area (Å²) >= 11 is 0. The molecule has 0 spiro atoms. The summed E-state index contributed by atoms with van der Waals surface area (Å²) in [5, 5.41) is 2.72. The Labute approximate surface area is 136 Å². The van der Waals surface area contributed by atoms with Gasteiger partial charge in [-0.25, -0.2) is 12.7 Å². The summed E-state index contributed by atoms with van der Waals surface area (Å²) in [6, 6.07) is 8.43. The summed E-state index contributed by atoms with van der Waals surface area (Å²) in [4.78, 5) is 12.2. The fourth-order valence-corrected chi connectivity index (χ4v) is 3.21. The van der Waals surface area contributed by atoms with Crippen LogP contribution >= 0.6 is 0 Å². The topological polar surface area (TPSA) is 79.6 Å². The summed E-state index contributed by atoms with van der Waals surface area (Å²) in [7, 11) is -0.595. The number of benzene rings is 1. The van der Waals surface area contributed by atoms with Gasteiger partial charge in [-0.1, -0.05) is 6.07 Å². The van der Waals surface area contributed by atoms with Gasteiger partial charge in [0, 0.05) is 32.6 Å². The molecule has 0 atom stereocenters. The highest BCUT2D eigenvalue weighted by atomic mass is 32.2. The Morgan fingerprint density at radius 3 is 2.61 bits per heavy atom. The monoisotopic (exact) mass is 336 g/mol. The number of hydrogen-bond donors (Lipinski definition) is 1. The first-order valence-electron chi connectivity index (χ1n) is 7.16. The Kier molecular flexibility index (Phi) is 5.23. The van der Waals surface area contributed by atoms with E-state index in [1.807, 2.05) is 0 Å². The van der Waals surface area contributed by atoms with E-state index in [0.29, 0.717) is 17.7 Å². The van der Waals surface area contributed by atoms with Crippen molar-refractivity contribution in [3.05, 3.63) is 47.9 Å². The van der Waals surface area contributed by atoms with E-state index in [0.717, 1.165) is 10.1 Å². The molecule has 0 unspecified atom stereocenters. The standard InChI is InChI=1S/C16H20N2O4S/c1-12-6-7-13(11-15(12)23(20,21)18(2)3)17-16(19)9-8-14-5-4-10-22-14/h4-7,10-11H,8-9H2,1-3H3,(H,17,19). The van der Waals surface area contributed by atoms with Crippen molar-refractivity contribution in [3.63, 3.8) is 0 Å². The number of hydrogen-bond acceptors (Lipinski definition) is 4. The third-order valence-corrected chi connectivity index (χ3v) is 5.37. The van der Waals surface area contributed by atoms with E-state index in [1.165, 1.54) is 20.2 Å². The van der Waals surface area contributed by atoms with Crippen molar-refractivity contribution < 1.29 is 17.6 Å². The lowest BCUT2D eigenvalue weighted by atomic mass is 10.2. The van der Waals surface area contributed by atoms with Gasteiger partial charge in [-0.3, -0.25) is 4.79 Å². The molecule has 0 aliphatic heterocycles. The van der Waals surface area contributed by atoms with Crippen LogP contribution in [0, 0.1) is 6.92 Å². The summed E-state index contributed by atoms with van der Waals surface area (Å²) < 4.78 is 30.9. The van der Waals surface area contributed by atoms with Crippen molar-refractivity contribution in [2.24, 2.45) is 0 Å². The molecule has 7 heteroatoms. The minimum Gasteiger partial charge on any atom is -0.469 e. The summed E-state index contributed by atoms with van der Waals surface area (Å²) in [6.07, 6.45) is 2.32. The normalized spacial score (nSPS) is 11.7. The van der Waals surface area contributed by atoms with Gasteiger partial charge in [-0.2, -0.15) is 0 Å². The zero-order valence-corrected chi connectivity index (χ0v) is 14.2. The van der Waals surface area contributed by atoms with Crippen molar-refractivity contribution in [2.45, 2.75) is 24.7 Å². The van der Waals surface area contributed by atoms with Gasteiger partial charge in [0.05, 0.1) is 11.2 Å². The molecule has 1 N–H and O–H groups in total. The molecular weight excluding hydrogens is 316 g/mol. The Hall–Kier alpha value is -2.12. The third-order valence-electron chi connectivity index (χ3n) is 3.41. The lowest BCUT2D eigenvalue weighted by Crippen LogP contribution is -2.23. The van der Waals surface area contributed by atoms with E-state index >= 15 is 0 Å². The van der Waals surface area contributed by atoms with Crippen LogP contribution < -0.4 is 5.32 Å². The van der Waals surface area contributed by atoms with Gasteiger partial charge >= 0.3 is 0 Å². The predicted octanol–water partition coefficient (Wildman–Crippen LogP) is 2.41. The Balaban J connectivity index is 2.10. The van der Waals surface area contributed by atoms with E-state index in [1.54, 1.807) is 37.5 Å². The Morgan fingerprint density at radius 2 is 2.00 bits per heavy atom. The maximum atomic E-state index is 12.3. The van der Waals surface area contributed by atoms with Crippen LogP contribution in [0.1, 0.15) is 17.7 Å². The van der Waals surface area contributed by atoms with Crippen LogP contribution in [0.3, 0.4) is 0 Å². The number of sulfonamides is 1. The minimum atomic E-state index is -3.55. The fourth-order valence-electron chi connectivity index (χ4n) is 2.07. The van der Waals surface area contributed by atoms with Gasteiger partial charge in [0.2, 0.25) is 15.9 Å². The quantitative estimate of drug-likeness (QED) is 0.878. The lowest BCUT2D eigenvalue weighted by Gasteiger charge is -2.15. The maximum absolute atomic E-state index is 12.3. The third kappa shape index (κ3) is 4.20. The van der Waals surface area contributed by atoms with E-state index in [9.17, 15) is 13.2 Å². The molecule has 23 heavy (non-hydrogen) atoms. The molecule has 1 aromatic heterocycles. The Morgan fingerprint density at radius 1 is 1.26 bits per heavy atom. The van der Waals surface area contributed by atoms with Gasteiger partial charge in [-0.05, 0) is 36.8 Å². The second-order valence-electron chi connectivity index (χ2n) is 5.40. The van der Waals surface area contributed by atoms with E-state index in [2.05, 4.69) is 5.32 Å². The molecule has 6 nitrogen and oxygen atoms in total. The molecule has 0 aliphatic rings. The predicted molar refractivity (Wildman–Crippen MR) is 87.7 cm³/mol. The molecular formula is C16H20N2O4S. The highest BCUT2D eigenvalue weighted by Crippen LogP contribution is 2.22. The Bertz CT molecular complexity index is 780. The van der Waals surface area contributed by atoms with Crippen LogP contribution in [0.4, 0.5) is 5.69 Å². The molecule has 1 amide bonds. The number of carbonyl (C=O) groups excluding carboxylic acids is 1. The van der Waals surface area contributed by atoms with Crippen molar-refractivity contribution >= 4 is 21.6 Å². The zero-order valence-electron chi connectivity index (χ0n) is 13.4. The average Bonchev–Trinajstić information content (AvgIpc) is 3.00. The fraction of sp³-hybridized carbons (Fsp3) is 0.312. The molecule has 0 saturated heterocycles. The number of carbonyl (C=O) groups is 1. The van der Waals surface area contributed by atoms with E-state index < -0.39 is 10.0 Å². The zero-order chi connectivity index (χ0) is 17.0. The van der Waals surface area contributed by atoms with Gasteiger partial charge in [0.15, 0.2) is 0 Å². The van der Waals surface area contributed by atoms with Gasteiger partial charge in [-0.15, -0.1) is 0 Å². The number of anilines is 1. The molecule has 0 saturated carbocycles. The molecule has 0 aliphatic carbocycles. The summed E-state index contributed by atoms with van der Waals surface area (Å²) in [5.41, 5.74) is 1.09. The molecule has 1 heterocycles. The first-order chi connectivity index (χ1) is 10.8. The first-order valence-corrected chi connectivity index (χ1v) is 8.60. The average molecular weight is 336 g/mol. The van der Waals surface area contributed by atoms with Crippen molar-refractivity contribution in [2.75, 3.05) is 19.4 Å². The molecule has 2 aromatic rings. The SMILES string of the molecule is Cc1ccc(NC(=O)CCc2ccco2)cc1S(=O)(=O)N(C)C. The molecule has 0 fully saturated rings. The van der Waals surface area contributed by atoms with Crippen molar-refractivity contribution in [3.8, 4) is 0 Å². The van der Waals surface area contributed by atoms with Crippen LogP contribution in [0.2, 0.25) is 0 Å². The smallest absolute Gasteiger partial charge is 0.242 e. The first kappa shape index (κ1) is 17.2. The summed E-state index contributed by atoms with van der Waals surface area (Å²) in [6.45, 7) is 1.72. The molecule has 0 radical (unpaired) electrons. The molecule has 1 aromatic carbocycles. The minimum absolute atomic E-state index is 0.186. The van der Waals surface area contributed by atoms with Crippen LogP contribution in [0.25, 0.3) is 0 Å². The van der Waals surface area contributed by atoms with Gasteiger partial charge in [0.1, 0.15) is 5.76 Å². The second kappa shape index (κ2) is 6.97. The number of furan rings is 1. The van der Waals surface area contributed by atoms with Gasteiger partial charge in [0.25, 0.3) is 0 Å². The van der Waals surface area contributed by atoms with Crippen LogP contribution in [-0.2, 0) is 21.2 Å².